The fourth-order valence-corrected chi connectivity index (χ4v) is 1.42. The molecular formula is C10H9F2N3. The van der Waals surface area contributed by atoms with Gasteiger partial charge in [-0.05, 0) is 24.6 Å². The van der Waals surface area contributed by atoms with E-state index >= 15 is 0 Å². The molecule has 0 bridgehead atoms. The van der Waals surface area contributed by atoms with Crippen LogP contribution in [0.1, 0.15) is 5.56 Å². The van der Waals surface area contributed by atoms with Crippen LogP contribution >= 0.6 is 0 Å². The van der Waals surface area contributed by atoms with Crippen molar-refractivity contribution < 1.29 is 8.78 Å². The quantitative estimate of drug-likeness (QED) is 0.756. The number of imidazole rings is 1. The Morgan fingerprint density at radius 2 is 1.87 bits per heavy atom. The van der Waals surface area contributed by atoms with Crippen LogP contribution in [-0.2, 0) is 0 Å². The standard InChI is InChI=1S/C10H9F2N3/c1-5-2-6(11)9(7(12)3-5)8-4-14-10(13)15-8/h2-4H,1H3,(H3,13,14,15). The number of nitrogens with one attached hydrogen (secondary N) is 1. The van der Waals surface area contributed by atoms with Gasteiger partial charge in [0.15, 0.2) is 5.95 Å². The molecule has 0 saturated carbocycles. The predicted octanol–water partition coefficient (Wildman–Crippen LogP) is 2.25. The number of rotatable bonds is 1. The number of nitrogen functional groups attached to an aromatic ring is 1. The maximum atomic E-state index is 13.5. The number of aromatic nitrogens is 2. The summed E-state index contributed by atoms with van der Waals surface area (Å²) in [5.74, 6) is -1.13. The van der Waals surface area contributed by atoms with Gasteiger partial charge in [0.25, 0.3) is 0 Å². The summed E-state index contributed by atoms with van der Waals surface area (Å²) in [6, 6.07) is 2.52. The molecule has 5 heteroatoms. The zero-order valence-corrected chi connectivity index (χ0v) is 8.01. The summed E-state index contributed by atoms with van der Waals surface area (Å²) in [4.78, 5) is 6.27. The number of nitrogens with zero attached hydrogens (tertiary/aromatic N) is 1. The summed E-state index contributed by atoms with van der Waals surface area (Å²) in [5, 5.41) is 0. The number of aryl methyl sites for hydroxylation is 1. The van der Waals surface area contributed by atoms with Gasteiger partial charge in [0, 0.05) is 0 Å². The highest BCUT2D eigenvalue weighted by molar-refractivity contribution is 5.62. The first-order chi connectivity index (χ1) is 7.08. The first-order valence-electron chi connectivity index (χ1n) is 4.34. The van der Waals surface area contributed by atoms with Crippen molar-refractivity contribution >= 4 is 5.95 Å². The number of H-pyrrole nitrogens is 1. The Bertz CT molecular complexity index is 482. The van der Waals surface area contributed by atoms with Gasteiger partial charge >= 0.3 is 0 Å². The average Bonchev–Trinajstić information content (AvgIpc) is 2.49. The van der Waals surface area contributed by atoms with Crippen LogP contribution in [0.4, 0.5) is 14.7 Å². The summed E-state index contributed by atoms with van der Waals surface area (Å²) in [6.07, 6.45) is 1.30. The molecule has 0 fully saturated rings. The molecule has 1 heterocycles. The van der Waals surface area contributed by atoms with Crippen molar-refractivity contribution in [3.63, 3.8) is 0 Å². The van der Waals surface area contributed by atoms with E-state index in [0.717, 1.165) is 0 Å². The van der Waals surface area contributed by atoms with Crippen LogP contribution < -0.4 is 5.73 Å². The molecule has 3 nitrogen and oxygen atoms in total. The highest BCUT2D eigenvalue weighted by Gasteiger charge is 2.13. The lowest BCUT2D eigenvalue weighted by atomic mass is 10.1. The molecule has 0 aliphatic heterocycles. The molecule has 0 saturated heterocycles. The molecule has 0 aliphatic rings. The van der Waals surface area contributed by atoms with Crippen LogP contribution in [0, 0.1) is 18.6 Å². The van der Waals surface area contributed by atoms with Crippen molar-refractivity contribution in [2.45, 2.75) is 6.92 Å². The molecule has 2 rings (SSSR count). The maximum Gasteiger partial charge on any atom is 0.197 e. The van der Waals surface area contributed by atoms with Crippen molar-refractivity contribution in [1.29, 1.82) is 0 Å². The van der Waals surface area contributed by atoms with Gasteiger partial charge in [-0.2, -0.15) is 0 Å². The fourth-order valence-electron chi connectivity index (χ4n) is 1.42. The molecule has 78 valence electrons. The molecule has 15 heavy (non-hydrogen) atoms. The Labute approximate surface area is 85.0 Å². The van der Waals surface area contributed by atoms with E-state index in [0.29, 0.717) is 5.56 Å². The van der Waals surface area contributed by atoms with E-state index in [1.54, 1.807) is 6.92 Å². The lowest BCUT2D eigenvalue weighted by Gasteiger charge is -2.03. The van der Waals surface area contributed by atoms with E-state index in [9.17, 15) is 8.78 Å². The summed E-state index contributed by atoms with van der Waals surface area (Å²) in [5.41, 5.74) is 5.97. The number of halogens is 2. The first kappa shape index (κ1) is 9.64. The fraction of sp³-hybridized carbons (Fsp3) is 0.100. The summed E-state index contributed by atoms with van der Waals surface area (Å²) < 4.78 is 27.0. The summed E-state index contributed by atoms with van der Waals surface area (Å²) in [7, 11) is 0. The first-order valence-corrected chi connectivity index (χ1v) is 4.34. The van der Waals surface area contributed by atoms with Crippen LogP contribution in [0.3, 0.4) is 0 Å². The van der Waals surface area contributed by atoms with Crippen LogP contribution in [0.5, 0.6) is 0 Å². The Hall–Kier alpha value is -1.91. The molecule has 3 N–H and O–H groups in total. The molecule has 2 aromatic rings. The number of hydrogen-bond acceptors (Lipinski definition) is 2. The van der Waals surface area contributed by atoms with Gasteiger partial charge in [0.2, 0.25) is 0 Å². The normalized spacial score (nSPS) is 10.6. The topological polar surface area (TPSA) is 54.7 Å². The van der Waals surface area contributed by atoms with Gasteiger partial charge in [-0.25, -0.2) is 13.8 Å². The van der Waals surface area contributed by atoms with Gasteiger partial charge < -0.3 is 10.7 Å². The largest absolute Gasteiger partial charge is 0.369 e. The van der Waals surface area contributed by atoms with Crippen molar-refractivity contribution in [3.8, 4) is 11.3 Å². The third-order valence-corrected chi connectivity index (χ3v) is 2.05. The van der Waals surface area contributed by atoms with Gasteiger partial charge in [0.05, 0.1) is 17.5 Å². The molecule has 0 atom stereocenters. The van der Waals surface area contributed by atoms with Crippen LogP contribution in [0.15, 0.2) is 18.3 Å². The molecule has 0 amide bonds. The van der Waals surface area contributed by atoms with E-state index in [4.69, 9.17) is 5.73 Å². The van der Waals surface area contributed by atoms with E-state index < -0.39 is 11.6 Å². The molecule has 1 aromatic carbocycles. The van der Waals surface area contributed by atoms with Gasteiger partial charge in [-0.3, -0.25) is 0 Å². The molecule has 1 aromatic heterocycles. The predicted molar refractivity (Wildman–Crippen MR) is 53.1 cm³/mol. The maximum absolute atomic E-state index is 13.5. The molecule has 0 aliphatic carbocycles. The summed E-state index contributed by atoms with van der Waals surface area (Å²) in [6.45, 7) is 1.62. The van der Waals surface area contributed by atoms with Gasteiger partial charge in [-0.1, -0.05) is 0 Å². The highest BCUT2D eigenvalue weighted by Crippen LogP contribution is 2.25. The SMILES string of the molecule is Cc1cc(F)c(-c2cnc(N)[nH]2)c(F)c1. The second-order valence-electron chi connectivity index (χ2n) is 3.29. The number of hydrogen-bond donors (Lipinski definition) is 2. The Morgan fingerprint density at radius 3 is 2.33 bits per heavy atom. The minimum absolute atomic E-state index is 0.129. The zero-order valence-electron chi connectivity index (χ0n) is 8.01. The number of benzene rings is 1. The smallest absolute Gasteiger partial charge is 0.197 e. The minimum Gasteiger partial charge on any atom is -0.369 e. The van der Waals surface area contributed by atoms with Gasteiger partial charge in [0.1, 0.15) is 11.6 Å². The van der Waals surface area contributed by atoms with Crippen LogP contribution in [0.25, 0.3) is 11.3 Å². The third-order valence-electron chi connectivity index (χ3n) is 2.05. The van der Waals surface area contributed by atoms with E-state index in [-0.39, 0.29) is 17.2 Å². The zero-order chi connectivity index (χ0) is 11.0. The minimum atomic E-state index is -0.629. The van der Waals surface area contributed by atoms with Crippen LogP contribution in [0.2, 0.25) is 0 Å². The van der Waals surface area contributed by atoms with Gasteiger partial charge in [-0.15, -0.1) is 0 Å². The van der Waals surface area contributed by atoms with E-state index in [2.05, 4.69) is 9.97 Å². The lowest BCUT2D eigenvalue weighted by Crippen LogP contribution is -1.92. The van der Waals surface area contributed by atoms with Crippen molar-refractivity contribution in [3.05, 3.63) is 35.5 Å². The van der Waals surface area contributed by atoms with Crippen molar-refractivity contribution in [2.24, 2.45) is 0 Å². The summed E-state index contributed by atoms with van der Waals surface area (Å²) >= 11 is 0. The highest BCUT2D eigenvalue weighted by atomic mass is 19.1. The monoisotopic (exact) mass is 209 g/mol. The second-order valence-corrected chi connectivity index (χ2v) is 3.29. The Morgan fingerprint density at radius 1 is 1.27 bits per heavy atom. The number of anilines is 1. The van der Waals surface area contributed by atoms with Crippen molar-refractivity contribution in [1.82, 2.24) is 9.97 Å². The van der Waals surface area contributed by atoms with Crippen molar-refractivity contribution in [2.75, 3.05) is 5.73 Å². The molecular weight excluding hydrogens is 200 g/mol. The third kappa shape index (κ3) is 1.68. The Kier molecular flexibility index (Phi) is 2.15. The van der Waals surface area contributed by atoms with Crippen LogP contribution in [-0.4, -0.2) is 9.97 Å². The average molecular weight is 209 g/mol. The number of nitrogens with two attached hydrogens (primary N) is 1. The van der Waals surface area contributed by atoms with E-state index in [1.807, 2.05) is 0 Å². The number of aromatic amines is 1. The van der Waals surface area contributed by atoms with E-state index in [1.165, 1.54) is 18.3 Å². The second kappa shape index (κ2) is 3.34. The molecule has 0 spiro atoms. The molecule has 0 unspecified atom stereocenters. The Balaban J connectivity index is 2.62. The molecule has 0 radical (unpaired) electrons. The lowest BCUT2D eigenvalue weighted by molar-refractivity contribution is 0.587.